The van der Waals surface area contributed by atoms with E-state index < -0.39 is 0 Å². The van der Waals surface area contributed by atoms with Crippen LogP contribution in [0.2, 0.25) is 0 Å². The van der Waals surface area contributed by atoms with E-state index in [1.54, 1.807) is 10.9 Å². The molecule has 0 unspecified atom stereocenters. The highest BCUT2D eigenvalue weighted by atomic mass is 15.1. The molecule has 0 bridgehead atoms. The van der Waals surface area contributed by atoms with Gasteiger partial charge in [-0.15, -0.1) is 0 Å². The summed E-state index contributed by atoms with van der Waals surface area (Å²) in [5.41, 5.74) is 4.01. The Morgan fingerprint density at radius 3 is 2.39 bits per heavy atom. The van der Waals surface area contributed by atoms with Crippen molar-refractivity contribution < 1.29 is 0 Å². The number of hydrogen-bond acceptors (Lipinski definition) is 3. The number of aryl methyl sites for hydroxylation is 2. The predicted molar refractivity (Wildman–Crippen MR) is 66.7 cm³/mol. The molecule has 0 aliphatic heterocycles. The zero-order valence-corrected chi connectivity index (χ0v) is 10.3. The lowest BCUT2D eigenvalue weighted by molar-refractivity contribution is 0.775. The lowest BCUT2D eigenvalue weighted by atomic mass is 10.0. The Kier molecular flexibility index (Phi) is 3.12. The molecule has 0 N–H and O–H groups in total. The minimum absolute atomic E-state index is 0.184. The smallest absolute Gasteiger partial charge is 0.176 e. The van der Waals surface area contributed by atoms with Crippen LogP contribution in [0.3, 0.4) is 0 Å². The largest absolute Gasteiger partial charge is 0.317 e. The molecule has 0 amide bonds. The number of aromatic nitrogens is 2. The normalized spacial score (nSPS) is 9.78. The predicted octanol–water partition coefficient (Wildman–Crippen LogP) is 2.29. The molecule has 0 fully saturated rings. The highest BCUT2D eigenvalue weighted by Crippen LogP contribution is 2.16. The fraction of sp³-hybridized carbons (Fsp3) is 0.214. The van der Waals surface area contributed by atoms with Crippen molar-refractivity contribution in [1.29, 1.82) is 10.5 Å². The third-order valence-corrected chi connectivity index (χ3v) is 3.02. The molecule has 0 atom stereocenters. The van der Waals surface area contributed by atoms with Gasteiger partial charge in [0.2, 0.25) is 0 Å². The van der Waals surface area contributed by atoms with Crippen molar-refractivity contribution in [3.63, 3.8) is 0 Å². The SMILES string of the molecule is Cc1cccc(C)c1Cn1cnc(C#N)c1C#N. The van der Waals surface area contributed by atoms with Crippen LogP contribution < -0.4 is 0 Å². The number of hydrogen-bond donors (Lipinski definition) is 0. The molecule has 0 saturated carbocycles. The Morgan fingerprint density at radius 2 is 1.83 bits per heavy atom. The maximum atomic E-state index is 9.07. The molecule has 0 spiro atoms. The number of nitrogens with zero attached hydrogens (tertiary/aromatic N) is 4. The first kappa shape index (κ1) is 11.9. The van der Waals surface area contributed by atoms with Crippen molar-refractivity contribution in [1.82, 2.24) is 9.55 Å². The summed E-state index contributed by atoms with van der Waals surface area (Å²) in [6.07, 6.45) is 1.54. The van der Waals surface area contributed by atoms with Crippen molar-refractivity contribution in [2.45, 2.75) is 20.4 Å². The molecular weight excluding hydrogens is 224 g/mol. The minimum atomic E-state index is 0.184. The molecule has 1 aromatic heterocycles. The van der Waals surface area contributed by atoms with Crippen LogP contribution in [0.1, 0.15) is 28.1 Å². The van der Waals surface area contributed by atoms with Gasteiger partial charge in [0.1, 0.15) is 12.1 Å². The third kappa shape index (κ3) is 1.97. The number of rotatable bonds is 2. The second-order valence-electron chi connectivity index (χ2n) is 4.16. The molecule has 2 rings (SSSR count). The summed E-state index contributed by atoms with van der Waals surface area (Å²) in [5, 5.41) is 17.9. The molecule has 1 heterocycles. The highest BCUT2D eigenvalue weighted by Gasteiger charge is 2.11. The Bertz CT molecular complexity index is 648. The zero-order chi connectivity index (χ0) is 13.1. The Morgan fingerprint density at radius 1 is 1.17 bits per heavy atom. The summed E-state index contributed by atoms with van der Waals surface area (Å²) in [6.45, 7) is 4.64. The zero-order valence-electron chi connectivity index (χ0n) is 10.3. The fourth-order valence-corrected chi connectivity index (χ4v) is 1.97. The van der Waals surface area contributed by atoms with E-state index in [4.69, 9.17) is 10.5 Å². The lowest BCUT2D eigenvalue weighted by Crippen LogP contribution is -2.05. The van der Waals surface area contributed by atoms with E-state index in [0.29, 0.717) is 12.2 Å². The molecule has 1 aromatic carbocycles. The standard InChI is InChI=1S/C14H12N4/c1-10-4-3-5-11(2)12(10)8-18-9-17-13(6-15)14(18)7-16/h3-5,9H,8H2,1-2H3. The van der Waals surface area contributed by atoms with Crippen molar-refractivity contribution in [3.8, 4) is 12.1 Å². The minimum Gasteiger partial charge on any atom is -0.317 e. The molecule has 4 nitrogen and oxygen atoms in total. The fourth-order valence-electron chi connectivity index (χ4n) is 1.97. The molecule has 4 heteroatoms. The quantitative estimate of drug-likeness (QED) is 0.803. The van der Waals surface area contributed by atoms with Crippen molar-refractivity contribution in [2.75, 3.05) is 0 Å². The van der Waals surface area contributed by atoms with E-state index in [1.165, 1.54) is 11.1 Å². The molecule has 2 aromatic rings. The van der Waals surface area contributed by atoms with E-state index in [9.17, 15) is 0 Å². The van der Waals surface area contributed by atoms with Crippen LogP contribution in [0.25, 0.3) is 0 Å². The van der Waals surface area contributed by atoms with Crippen LogP contribution in [0.4, 0.5) is 0 Å². The number of imidazole rings is 1. The maximum absolute atomic E-state index is 9.07. The lowest BCUT2D eigenvalue weighted by Gasteiger charge is -2.10. The molecule has 88 valence electrons. The van der Waals surface area contributed by atoms with E-state index in [2.05, 4.69) is 4.98 Å². The van der Waals surface area contributed by atoms with Crippen molar-refractivity contribution >= 4 is 0 Å². The van der Waals surface area contributed by atoms with Gasteiger partial charge >= 0.3 is 0 Å². The molecule has 0 aliphatic rings. The first-order valence-electron chi connectivity index (χ1n) is 5.57. The van der Waals surface area contributed by atoms with Gasteiger partial charge in [0.25, 0.3) is 0 Å². The molecule has 18 heavy (non-hydrogen) atoms. The van der Waals surface area contributed by atoms with Crippen LogP contribution >= 0.6 is 0 Å². The average molecular weight is 236 g/mol. The maximum Gasteiger partial charge on any atom is 0.176 e. The molecule has 0 radical (unpaired) electrons. The van der Waals surface area contributed by atoms with Gasteiger partial charge in [0.15, 0.2) is 11.4 Å². The summed E-state index contributed by atoms with van der Waals surface area (Å²) in [6, 6.07) is 10.0. The van der Waals surface area contributed by atoms with Crippen LogP contribution in [-0.2, 0) is 6.54 Å². The number of nitriles is 2. The average Bonchev–Trinajstić information content (AvgIpc) is 2.75. The van der Waals surface area contributed by atoms with E-state index in [-0.39, 0.29) is 5.69 Å². The van der Waals surface area contributed by atoms with Crippen LogP contribution in [0.15, 0.2) is 24.5 Å². The van der Waals surface area contributed by atoms with Gasteiger partial charge in [-0.1, -0.05) is 18.2 Å². The first-order chi connectivity index (χ1) is 8.67. The molecular formula is C14H12N4. The van der Waals surface area contributed by atoms with Crippen molar-refractivity contribution in [2.24, 2.45) is 0 Å². The van der Waals surface area contributed by atoms with Gasteiger partial charge in [-0.25, -0.2) is 4.98 Å². The van der Waals surface area contributed by atoms with Crippen LogP contribution in [-0.4, -0.2) is 9.55 Å². The van der Waals surface area contributed by atoms with Gasteiger partial charge < -0.3 is 4.57 Å². The summed E-state index contributed by atoms with van der Waals surface area (Å²) in [4.78, 5) is 3.94. The first-order valence-corrected chi connectivity index (χ1v) is 5.57. The van der Waals surface area contributed by atoms with E-state index in [1.807, 2.05) is 44.2 Å². The second kappa shape index (κ2) is 4.73. The van der Waals surface area contributed by atoms with Crippen LogP contribution in [0, 0.1) is 36.5 Å². The van der Waals surface area contributed by atoms with Gasteiger partial charge in [-0.2, -0.15) is 10.5 Å². The van der Waals surface area contributed by atoms with Gasteiger partial charge in [-0.3, -0.25) is 0 Å². The van der Waals surface area contributed by atoms with Crippen LogP contribution in [0.5, 0.6) is 0 Å². The Balaban J connectivity index is 2.45. The Hall–Kier alpha value is -2.59. The second-order valence-corrected chi connectivity index (χ2v) is 4.16. The van der Waals surface area contributed by atoms with Crippen molar-refractivity contribution in [3.05, 3.63) is 52.6 Å². The monoisotopic (exact) mass is 236 g/mol. The van der Waals surface area contributed by atoms with Gasteiger partial charge in [0.05, 0.1) is 12.9 Å². The summed E-state index contributed by atoms with van der Waals surface area (Å²) < 4.78 is 1.72. The summed E-state index contributed by atoms with van der Waals surface area (Å²) in [7, 11) is 0. The van der Waals surface area contributed by atoms with E-state index in [0.717, 1.165) is 5.56 Å². The Labute approximate surface area is 106 Å². The molecule has 0 saturated heterocycles. The van der Waals surface area contributed by atoms with Gasteiger partial charge in [0, 0.05) is 0 Å². The topological polar surface area (TPSA) is 65.4 Å². The van der Waals surface area contributed by atoms with Gasteiger partial charge in [-0.05, 0) is 30.5 Å². The number of benzene rings is 1. The van der Waals surface area contributed by atoms with E-state index >= 15 is 0 Å². The molecule has 0 aliphatic carbocycles. The third-order valence-electron chi connectivity index (χ3n) is 3.02. The summed E-state index contributed by atoms with van der Waals surface area (Å²) in [5.74, 6) is 0. The highest BCUT2D eigenvalue weighted by molar-refractivity contribution is 5.39. The summed E-state index contributed by atoms with van der Waals surface area (Å²) >= 11 is 0.